The monoisotopic (exact) mass is 559 g/mol. The van der Waals surface area contributed by atoms with Gasteiger partial charge in [0.2, 0.25) is 5.91 Å². The third-order valence-electron chi connectivity index (χ3n) is 5.28. The Balaban J connectivity index is 1.64. The minimum atomic E-state index is -4.00. The van der Waals surface area contributed by atoms with E-state index in [9.17, 15) is 18.0 Å². The zero-order valence-corrected chi connectivity index (χ0v) is 21.7. The molecule has 1 aromatic heterocycles. The van der Waals surface area contributed by atoms with Crippen LogP contribution in [0.25, 0.3) is 10.2 Å². The predicted molar refractivity (Wildman–Crippen MR) is 140 cm³/mol. The summed E-state index contributed by atoms with van der Waals surface area (Å²) in [6.07, 6.45) is 0. The zero-order valence-electron chi connectivity index (χ0n) is 18.5. The molecule has 0 radical (unpaired) electrons. The van der Waals surface area contributed by atoms with Crippen LogP contribution in [-0.4, -0.2) is 25.4 Å². The third kappa shape index (κ3) is 4.94. The molecule has 0 atom stereocenters. The van der Waals surface area contributed by atoms with E-state index >= 15 is 0 Å². The van der Waals surface area contributed by atoms with Crippen molar-refractivity contribution in [3.63, 3.8) is 0 Å². The van der Waals surface area contributed by atoms with Crippen LogP contribution in [0, 0.1) is 6.92 Å². The Morgan fingerprint density at radius 1 is 1.06 bits per heavy atom. The Hall–Kier alpha value is -2.95. The number of thiazole rings is 1. The smallest absolute Gasteiger partial charge is 0.308 e. The maximum atomic E-state index is 13.5. The highest BCUT2D eigenvalue weighted by Gasteiger charge is 2.27. The average molecular weight is 560 g/mol. The fourth-order valence-corrected chi connectivity index (χ4v) is 6.21. The van der Waals surface area contributed by atoms with Crippen molar-refractivity contribution < 1.29 is 13.2 Å². The summed E-state index contributed by atoms with van der Waals surface area (Å²) in [4.78, 5) is 25.1. The highest BCUT2D eigenvalue weighted by molar-refractivity contribution is 9.10. The van der Waals surface area contributed by atoms with Gasteiger partial charge in [0.05, 0.1) is 20.8 Å². The summed E-state index contributed by atoms with van der Waals surface area (Å²) in [6, 6.07) is 18.4. The summed E-state index contributed by atoms with van der Waals surface area (Å²) >= 11 is 4.46. The van der Waals surface area contributed by atoms with Crippen molar-refractivity contribution in [2.24, 2.45) is 0 Å². The first kappa shape index (κ1) is 24.2. The second kappa shape index (κ2) is 9.73. The molecule has 0 aliphatic rings. The number of carbonyl (C=O) groups excluding carboxylic acids is 1. The first-order valence-corrected chi connectivity index (χ1v) is 13.5. The van der Waals surface area contributed by atoms with E-state index in [2.05, 4.69) is 21.2 Å². The van der Waals surface area contributed by atoms with Crippen molar-refractivity contribution in [2.45, 2.75) is 25.3 Å². The zero-order chi connectivity index (χ0) is 24.5. The van der Waals surface area contributed by atoms with Crippen LogP contribution in [0.15, 0.2) is 80.9 Å². The summed E-state index contributed by atoms with van der Waals surface area (Å²) in [5.74, 6) is -0.500. The van der Waals surface area contributed by atoms with Gasteiger partial charge in [-0.05, 0) is 68.4 Å². The van der Waals surface area contributed by atoms with Crippen molar-refractivity contribution in [3.05, 3.63) is 86.4 Å². The Morgan fingerprint density at radius 2 is 1.74 bits per heavy atom. The first-order valence-electron chi connectivity index (χ1n) is 10.5. The van der Waals surface area contributed by atoms with Crippen LogP contribution in [0.4, 0.5) is 11.4 Å². The summed E-state index contributed by atoms with van der Waals surface area (Å²) in [6.45, 7) is 3.92. The fourth-order valence-electron chi connectivity index (χ4n) is 3.53. The SMILES string of the molecule is CCn1c(=O)sc2cc(NC(=O)CN(c3ccc(Br)cc3)S(=O)(=O)c3ccc(C)cc3)ccc21. The van der Waals surface area contributed by atoms with Gasteiger partial charge in [-0.3, -0.25) is 18.5 Å². The van der Waals surface area contributed by atoms with E-state index in [0.29, 0.717) is 17.9 Å². The first-order chi connectivity index (χ1) is 16.2. The number of benzene rings is 3. The molecule has 0 unspecified atom stereocenters. The maximum absolute atomic E-state index is 13.5. The Labute approximate surface area is 209 Å². The Bertz CT molecular complexity index is 1510. The van der Waals surface area contributed by atoms with Gasteiger partial charge < -0.3 is 5.32 Å². The number of hydrogen-bond donors (Lipinski definition) is 1. The molecule has 0 aliphatic carbocycles. The van der Waals surface area contributed by atoms with E-state index in [1.165, 1.54) is 12.1 Å². The third-order valence-corrected chi connectivity index (χ3v) is 8.54. The van der Waals surface area contributed by atoms with E-state index in [1.807, 2.05) is 13.8 Å². The molecule has 1 N–H and O–H groups in total. The standard InChI is InChI=1S/C24H22BrN3O4S2/c1-3-27-21-13-8-18(14-22(21)33-24(27)30)26-23(29)15-28(19-9-6-17(25)7-10-19)34(31,32)20-11-4-16(2)5-12-20/h4-14H,3,15H2,1-2H3,(H,26,29). The lowest BCUT2D eigenvalue weighted by molar-refractivity contribution is -0.114. The number of amides is 1. The van der Waals surface area contributed by atoms with Gasteiger partial charge in [0.15, 0.2) is 0 Å². The minimum Gasteiger partial charge on any atom is -0.324 e. The average Bonchev–Trinajstić information content (AvgIpc) is 3.12. The maximum Gasteiger partial charge on any atom is 0.308 e. The van der Waals surface area contributed by atoms with E-state index < -0.39 is 22.5 Å². The molecule has 10 heteroatoms. The lowest BCUT2D eigenvalue weighted by Crippen LogP contribution is -2.38. The molecule has 0 saturated heterocycles. The van der Waals surface area contributed by atoms with Gasteiger partial charge in [0.25, 0.3) is 10.0 Å². The number of halogens is 1. The van der Waals surface area contributed by atoms with E-state index in [4.69, 9.17) is 0 Å². The van der Waals surface area contributed by atoms with Crippen LogP contribution in [0.5, 0.6) is 0 Å². The van der Waals surface area contributed by atoms with Crippen LogP contribution in [0.2, 0.25) is 0 Å². The van der Waals surface area contributed by atoms with Gasteiger partial charge in [-0.15, -0.1) is 0 Å². The molecule has 1 amide bonds. The van der Waals surface area contributed by atoms with Gasteiger partial charge in [-0.25, -0.2) is 8.42 Å². The lowest BCUT2D eigenvalue weighted by atomic mass is 10.2. The minimum absolute atomic E-state index is 0.0634. The fraction of sp³-hybridized carbons (Fsp3) is 0.167. The van der Waals surface area contributed by atoms with Gasteiger partial charge in [-0.2, -0.15) is 0 Å². The predicted octanol–water partition coefficient (Wildman–Crippen LogP) is 4.99. The molecule has 4 rings (SSSR count). The van der Waals surface area contributed by atoms with Crippen molar-refractivity contribution >= 4 is 64.8 Å². The van der Waals surface area contributed by atoms with Gasteiger partial charge in [0, 0.05) is 16.7 Å². The number of nitrogens with zero attached hydrogens (tertiary/aromatic N) is 2. The number of sulfonamides is 1. The molecule has 176 valence electrons. The summed E-state index contributed by atoms with van der Waals surface area (Å²) in [7, 11) is -4.00. The summed E-state index contributed by atoms with van der Waals surface area (Å²) < 4.78 is 31.2. The van der Waals surface area contributed by atoms with E-state index in [0.717, 1.165) is 35.9 Å². The summed E-state index contributed by atoms with van der Waals surface area (Å²) in [5, 5.41) is 2.77. The van der Waals surface area contributed by atoms with Crippen molar-refractivity contribution in [1.82, 2.24) is 4.57 Å². The Kier molecular flexibility index (Phi) is 6.92. The topological polar surface area (TPSA) is 88.5 Å². The number of carbonyl (C=O) groups is 1. The molecule has 0 saturated carbocycles. The second-order valence-corrected chi connectivity index (χ2v) is 11.4. The molecule has 3 aromatic carbocycles. The largest absolute Gasteiger partial charge is 0.324 e. The van der Waals surface area contributed by atoms with Crippen molar-refractivity contribution in [1.29, 1.82) is 0 Å². The summed E-state index contributed by atoms with van der Waals surface area (Å²) in [5.41, 5.74) is 2.59. The number of aromatic nitrogens is 1. The molecule has 0 fully saturated rings. The number of nitrogens with one attached hydrogen (secondary N) is 1. The van der Waals surface area contributed by atoms with Crippen LogP contribution < -0.4 is 14.5 Å². The van der Waals surface area contributed by atoms with Crippen molar-refractivity contribution in [2.75, 3.05) is 16.2 Å². The van der Waals surface area contributed by atoms with E-state index in [1.54, 1.807) is 59.2 Å². The normalized spacial score (nSPS) is 11.5. The van der Waals surface area contributed by atoms with Crippen LogP contribution in [0.3, 0.4) is 0 Å². The molecule has 0 aliphatic heterocycles. The molecule has 4 aromatic rings. The van der Waals surface area contributed by atoms with Gasteiger partial charge in [0.1, 0.15) is 6.54 Å². The Morgan fingerprint density at radius 3 is 2.38 bits per heavy atom. The van der Waals surface area contributed by atoms with Crippen LogP contribution in [0.1, 0.15) is 12.5 Å². The molecule has 34 heavy (non-hydrogen) atoms. The van der Waals surface area contributed by atoms with Crippen LogP contribution >= 0.6 is 27.3 Å². The number of aryl methyl sites for hydroxylation is 2. The molecule has 0 spiro atoms. The van der Waals surface area contributed by atoms with E-state index in [-0.39, 0.29) is 9.77 Å². The highest BCUT2D eigenvalue weighted by Crippen LogP contribution is 2.26. The molecule has 0 bridgehead atoms. The van der Waals surface area contributed by atoms with Crippen molar-refractivity contribution in [3.8, 4) is 0 Å². The molecular formula is C24H22BrN3O4S2. The lowest BCUT2D eigenvalue weighted by Gasteiger charge is -2.24. The molecular weight excluding hydrogens is 538 g/mol. The quantitative estimate of drug-likeness (QED) is 0.345. The number of fused-ring (bicyclic) bond motifs is 1. The van der Waals surface area contributed by atoms with Gasteiger partial charge in [-0.1, -0.05) is 45.0 Å². The van der Waals surface area contributed by atoms with Gasteiger partial charge >= 0.3 is 4.87 Å². The number of hydrogen-bond acceptors (Lipinski definition) is 5. The second-order valence-electron chi connectivity index (χ2n) is 7.64. The van der Waals surface area contributed by atoms with Crippen LogP contribution in [-0.2, 0) is 21.4 Å². The number of anilines is 2. The molecule has 1 heterocycles. The molecule has 7 nitrogen and oxygen atoms in total. The number of rotatable bonds is 7. The highest BCUT2D eigenvalue weighted by atomic mass is 79.9.